The molecule has 0 saturated carbocycles. The molecule has 2 nitrogen and oxygen atoms in total. The molecule has 0 aliphatic heterocycles. The number of aryl methyl sites for hydroxylation is 1. The van der Waals surface area contributed by atoms with Crippen molar-refractivity contribution in [2.45, 2.75) is 20.8 Å². The van der Waals surface area contributed by atoms with Crippen LogP contribution in [0.15, 0.2) is 44.3 Å². The van der Waals surface area contributed by atoms with Gasteiger partial charge in [0.25, 0.3) is 0 Å². The van der Waals surface area contributed by atoms with Crippen LogP contribution in [0.2, 0.25) is 0 Å². The van der Waals surface area contributed by atoms with Crippen molar-refractivity contribution < 1.29 is 4.74 Å². The van der Waals surface area contributed by atoms with Crippen LogP contribution in [0.25, 0.3) is 0 Å². The van der Waals surface area contributed by atoms with Crippen LogP contribution in [0.5, 0.6) is 5.75 Å². The lowest BCUT2D eigenvalue weighted by Crippen LogP contribution is -1.95. The Hall–Kier alpha value is -1.13. The van der Waals surface area contributed by atoms with Gasteiger partial charge in [0.2, 0.25) is 0 Å². The van der Waals surface area contributed by atoms with Gasteiger partial charge in [-0.1, -0.05) is 12.1 Å². The number of benzene rings is 2. The van der Waals surface area contributed by atoms with Gasteiger partial charge >= 0.3 is 0 Å². The van der Waals surface area contributed by atoms with Crippen molar-refractivity contribution in [1.29, 1.82) is 0 Å². The molecule has 0 aromatic heterocycles. The maximum Gasteiger partial charge on any atom is 0.147 e. The molecule has 0 unspecified atom stereocenters. The average Bonchev–Trinajstić information content (AvgIpc) is 2.44. The minimum absolute atomic E-state index is 0.632. The summed E-state index contributed by atoms with van der Waals surface area (Å²) < 4.78 is 7.42. The van der Waals surface area contributed by atoms with Gasteiger partial charge in [0.15, 0.2) is 0 Å². The summed E-state index contributed by atoms with van der Waals surface area (Å²) in [5.74, 6) is 0.821. The molecule has 4 heteroatoms. The Bertz CT molecular complexity index is 657. The third-order valence-electron chi connectivity index (χ3n) is 3.24. The molecule has 0 aliphatic rings. The van der Waals surface area contributed by atoms with Crippen molar-refractivity contribution in [3.63, 3.8) is 0 Å². The second-order valence-corrected chi connectivity index (χ2v) is 6.43. The van der Waals surface area contributed by atoms with Gasteiger partial charge in [-0.3, -0.25) is 4.99 Å². The molecule has 0 aliphatic carbocycles. The molecule has 2 rings (SSSR count). The molecule has 0 atom stereocenters. The largest absolute Gasteiger partial charge is 0.492 e. The SMILES string of the molecule is CCOc1c(Br)cc(C=Nc2cccc(C)c2C)cc1Br. The molecule has 0 bridgehead atoms. The van der Waals surface area contributed by atoms with E-state index in [1.807, 2.05) is 37.4 Å². The normalized spacial score (nSPS) is 11.1. The minimum atomic E-state index is 0.632. The number of halogens is 2. The Morgan fingerprint density at radius 2 is 1.81 bits per heavy atom. The standard InChI is InChI=1S/C17H17Br2NO/c1-4-21-17-14(18)8-13(9-15(17)19)10-20-16-7-5-6-11(2)12(16)3/h5-10H,4H2,1-3H3. The molecule has 2 aromatic carbocycles. The van der Waals surface area contributed by atoms with Crippen LogP contribution in [0.3, 0.4) is 0 Å². The molecule has 0 spiro atoms. The Kier molecular flexibility index (Phi) is 5.59. The number of hydrogen-bond acceptors (Lipinski definition) is 2. The van der Waals surface area contributed by atoms with E-state index in [-0.39, 0.29) is 0 Å². The van der Waals surface area contributed by atoms with Crippen LogP contribution in [0, 0.1) is 13.8 Å². The van der Waals surface area contributed by atoms with E-state index in [0.717, 1.165) is 25.9 Å². The van der Waals surface area contributed by atoms with Gasteiger partial charge in [-0.05, 0) is 87.5 Å². The predicted octanol–water partition coefficient (Wildman–Crippen LogP) is 5.98. The Morgan fingerprint density at radius 3 is 2.43 bits per heavy atom. The zero-order chi connectivity index (χ0) is 15.4. The average molecular weight is 411 g/mol. The molecule has 0 radical (unpaired) electrons. The number of nitrogens with zero attached hydrogens (tertiary/aromatic N) is 1. The molecular formula is C17H17Br2NO. The summed E-state index contributed by atoms with van der Waals surface area (Å²) in [5.41, 5.74) is 4.46. The predicted molar refractivity (Wildman–Crippen MR) is 96.2 cm³/mol. The van der Waals surface area contributed by atoms with Crippen molar-refractivity contribution in [2.24, 2.45) is 4.99 Å². The number of aliphatic imine (C=N–C) groups is 1. The summed E-state index contributed by atoms with van der Waals surface area (Å²) in [7, 11) is 0. The summed E-state index contributed by atoms with van der Waals surface area (Å²) in [5, 5.41) is 0. The van der Waals surface area contributed by atoms with Crippen LogP contribution < -0.4 is 4.74 Å². The fraction of sp³-hybridized carbons (Fsp3) is 0.235. The number of hydrogen-bond donors (Lipinski definition) is 0. The Labute approximate surface area is 142 Å². The monoisotopic (exact) mass is 409 g/mol. The van der Waals surface area contributed by atoms with Gasteiger partial charge < -0.3 is 4.74 Å². The van der Waals surface area contributed by atoms with Crippen LogP contribution in [-0.4, -0.2) is 12.8 Å². The van der Waals surface area contributed by atoms with E-state index < -0.39 is 0 Å². The van der Waals surface area contributed by atoms with E-state index in [4.69, 9.17) is 4.74 Å². The lowest BCUT2D eigenvalue weighted by atomic mass is 10.1. The molecule has 21 heavy (non-hydrogen) atoms. The third-order valence-corrected chi connectivity index (χ3v) is 4.42. The van der Waals surface area contributed by atoms with Crippen LogP contribution in [0.1, 0.15) is 23.6 Å². The molecule has 0 heterocycles. The second kappa shape index (κ2) is 7.23. The molecule has 0 fully saturated rings. The van der Waals surface area contributed by atoms with Gasteiger partial charge in [-0.15, -0.1) is 0 Å². The molecule has 0 saturated heterocycles. The van der Waals surface area contributed by atoms with Crippen molar-refractivity contribution in [2.75, 3.05) is 6.61 Å². The van der Waals surface area contributed by atoms with Crippen LogP contribution >= 0.6 is 31.9 Å². The quantitative estimate of drug-likeness (QED) is 0.568. The molecule has 2 aromatic rings. The molecular weight excluding hydrogens is 394 g/mol. The first-order chi connectivity index (χ1) is 10.0. The van der Waals surface area contributed by atoms with E-state index in [1.54, 1.807) is 0 Å². The van der Waals surface area contributed by atoms with Crippen LogP contribution in [0.4, 0.5) is 5.69 Å². The van der Waals surface area contributed by atoms with Gasteiger partial charge in [-0.2, -0.15) is 0 Å². The highest BCUT2D eigenvalue weighted by Crippen LogP contribution is 2.34. The zero-order valence-corrected chi connectivity index (χ0v) is 15.5. The van der Waals surface area contributed by atoms with Gasteiger partial charge in [0.1, 0.15) is 5.75 Å². The van der Waals surface area contributed by atoms with E-state index in [0.29, 0.717) is 6.61 Å². The van der Waals surface area contributed by atoms with E-state index >= 15 is 0 Å². The smallest absolute Gasteiger partial charge is 0.147 e. The van der Waals surface area contributed by atoms with E-state index in [1.165, 1.54) is 11.1 Å². The first kappa shape index (κ1) is 16.2. The zero-order valence-electron chi connectivity index (χ0n) is 12.3. The minimum Gasteiger partial charge on any atom is -0.492 e. The highest BCUT2D eigenvalue weighted by molar-refractivity contribution is 9.11. The summed E-state index contributed by atoms with van der Waals surface area (Å²) in [4.78, 5) is 4.59. The molecule has 0 N–H and O–H groups in total. The fourth-order valence-electron chi connectivity index (χ4n) is 1.96. The fourth-order valence-corrected chi connectivity index (χ4v) is 3.41. The van der Waals surface area contributed by atoms with Crippen molar-refractivity contribution in [1.82, 2.24) is 0 Å². The topological polar surface area (TPSA) is 21.6 Å². The van der Waals surface area contributed by atoms with Crippen molar-refractivity contribution >= 4 is 43.8 Å². The van der Waals surface area contributed by atoms with Crippen molar-refractivity contribution in [3.8, 4) is 5.75 Å². The number of ether oxygens (including phenoxy) is 1. The number of rotatable bonds is 4. The van der Waals surface area contributed by atoms with E-state index in [9.17, 15) is 0 Å². The Balaban J connectivity index is 2.31. The maximum absolute atomic E-state index is 5.58. The highest BCUT2D eigenvalue weighted by atomic mass is 79.9. The van der Waals surface area contributed by atoms with Gasteiger partial charge in [-0.25, -0.2) is 0 Å². The first-order valence-electron chi connectivity index (χ1n) is 6.75. The summed E-state index contributed by atoms with van der Waals surface area (Å²) in [6.07, 6.45) is 1.87. The lowest BCUT2D eigenvalue weighted by Gasteiger charge is -2.09. The lowest BCUT2D eigenvalue weighted by molar-refractivity contribution is 0.336. The van der Waals surface area contributed by atoms with E-state index in [2.05, 4.69) is 56.8 Å². The maximum atomic E-state index is 5.58. The Morgan fingerprint density at radius 1 is 1.14 bits per heavy atom. The van der Waals surface area contributed by atoms with Crippen molar-refractivity contribution in [3.05, 3.63) is 56.0 Å². The third kappa shape index (κ3) is 3.95. The second-order valence-electron chi connectivity index (χ2n) is 4.72. The van der Waals surface area contributed by atoms with Crippen LogP contribution in [-0.2, 0) is 0 Å². The first-order valence-corrected chi connectivity index (χ1v) is 8.33. The summed E-state index contributed by atoms with van der Waals surface area (Å²) >= 11 is 7.07. The molecule has 110 valence electrons. The molecule has 0 amide bonds. The van der Waals surface area contributed by atoms with Gasteiger partial charge in [0, 0.05) is 6.21 Å². The highest BCUT2D eigenvalue weighted by Gasteiger charge is 2.07. The summed E-state index contributed by atoms with van der Waals surface area (Å²) in [6, 6.07) is 10.2. The summed E-state index contributed by atoms with van der Waals surface area (Å²) in [6.45, 7) is 6.78. The van der Waals surface area contributed by atoms with Gasteiger partial charge in [0.05, 0.1) is 21.2 Å².